The van der Waals surface area contributed by atoms with Gasteiger partial charge in [-0.25, -0.2) is 0 Å². The van der Waals surface area contributed by atoms with Gasteiger partial charge < -0.3 is 20.9 Å². The van der Waals surface area contributed by atoms with Crippen molar-refractivity contribution in [1.82, 2.24) is 0 Å². The molecule has 0 unspecified atom stereocenters. The van der Waals surface area contributed by atoms with E-state index < -0.39 is 0 Å². The molecule has 0 saturated carbocycles. The molecular formula is C9H13ClN2O2. The van der Waals surface area contributed by atoms with Gasteiger partial charge in [-0.15, -0.1) is 12.4 Å². The molecule has 2 rings (SSSR count). The summed E-state index contributed by atoms with van der Waals surface area (Å²) in [7, 11) is 0. The summed E-state index contributed by atoms with van der Waals surface area (Å²) in [6.07, 6.45) is 0.766. The van der Waals surface area contributed by atoms with Crippen LogP contribution in [0.15, 0.2) is 12.1 Å². The summed E-state index contributed by atoms with van der Waals surface area (Å²) in [5.74, 6) is 1.48. The van der Waals surface area contributed by atoms with Gasteiger partial charge in [-0.2, -0.15) is 0 Å². The van der Waals surface area contributed by atoms with Crippen LogP contribution in [0.25, 0.3) is 0 Å². The standard InChI is InChI=1S/C9H12N2O2.ClH/c10-2-1-6-3-8-9(4-7(6)11)13-5-12-8;/h3-4H,1-2,5,10-11H2;1H. The Morgan fingerprint density at radius 3 is 2.50 bits per heavy atom. The van der Waals surface area contributed by atoms with E-state index in [-0.39, 0.29) is 19.2 Å². The van der Waals surface area contributed by atoms with E-state index >= 15 is 0 Å². The third-order valence-corrected chi connectivity index (χ3v) is 2.05. The normalized spacial score (nSPS) is 12.4. The smallest absolute Gasteiger partial charge is 0.231 e. The van der Waals surface area contributed by atoms with E-state index in [1.54, 1.807) is 6.07 Å². The van der Waals surface area contributed by atoms with Crippen molar-refractivity contribution >= 4 is 18.1 Å². The van der Waals surface area contributed by atoms with E-state index in [0.717, 1.165) is 29.2 Å². The highest BCUT2D eigenvalue weighted by Gasteiger charge is 2.15. The number of rotatable bonds is 2. The number of anilines is 1. The highest BCUT2D eigenvalue weighted by molar-refractivity contribution is 5.85. The van der Waals surface area contributed by atoms with Crippen molar-refractivity contribution < 1.29 is 9.47 Å². The summed E-state index contributed by atoms with van der Waals surface area (Å²) in [5, 5.41) is 0. The lowest BCUT2D eigenvalue weighted by molar-refractivity contribution is 0.174. The molecule has 0 saturated heterocycles. The molecule has 0 spiro atoms. The van der Waals surface area contributed by atoms with Crippen LogP contribution in [-0.2, 0) is 6.42 Å². The van der Waals surface area contributed by atoms with Crippen molar-refractivity contribution in [2.75, 3.05) is 19.1 Å². The van der Waals surface area contributed by atoms with Crippen LogP contribution < -0.4 is 20.9 Å². The van der Waals surface area contributed by atoms with Crippen LogP contribution in [-0.4, -0.2) is 13.3 Å². The van der Waals surface area contributed by atoms with E-state index in [1.165, 1.54) is 0 Å². The molecule has 4 N–H and O–H groups in total. The van der Waals surface area contributed by atoms with Crippen LogP contribution >= 0.6 is 12.4 Å². The van der Waals surface area contributed by atoms with E-state index in [2.05, 4.69) is 0 Å². The predicted octanol–water partition coefficient (Wildman–Crippen LogP) is 0.921. The monoisotopic (exact) mass is 216 g/mol. The van der Waals surface area contributed by atoms with Gasteiger partial charge in [0.1, 0.15) is 0 Å². The van der Waals surface area contributed by atoms with Crippen molar-refractivity contribution in [3.05, 3.63) is 17.7 Å². The van der Waals surface area contributed by atoms with E-state index in [4.69, 9.17) is 20.9 Å². The van der Waals surface area contributed by atoms with Gasteiger partial charge in [0.25, 0.3) is 0 Å². The van der Waals surface area contributed by atoms with Crippen LogP contribution in [0.3, 0.4) is 0 Å². The summed E-state index contributed by atoms with van der Waals surface area (Å²) in [5.41, 5.74) is 13.0. The summed E-state index contributed by atoms with van der Waals surface area (Å²) in [6.45, 7) is 0.866. The maximum Gasteiger partial charge on any atom is 0.231 e. The number of benzene rings is 1. The van der Waals surface area contributed by atoms with Gasteiger partial charge in [-0.05, 0) is 24.6 Å². The SMILES string of the molecule is Cl.NCCc1cc2c(cc1N)OCO2. The molecule has 14 heavy (non-hydrogen) atoms. The Morgan fingerprint density at radius 2 is 1.86 bits per heavy atom. The number of hydrogen-bond donors (Lipinski definition) is 2. The minimum absolute atomic E-state index is 0. The zero-order valence-corrected chi connectivity index (χ0v) is 8.47. The van der Waals surface area contributed by atoms with Gasteiger partial charge in [0, 0.05) is 11.8 Å². The van der Waals surface area contributed by atoms with Crippen LogP contribution in [0, 0.1) is 0 Å². The fourth-order valence-electron chi connectivity index (χ4n) is 1.37. The molecule has 1 heterocycles. The minimum atomic E-state index is 0. The molecule has 5 heteroatoms. The average Bonchev–Trinajstić information content (AvgIpc) is 2.52. The number of fused-ring (bicyclic) bond motifs is 1. The number of halogens is 1. The first-order valence-electron chi connectivity index (χ1n) is 4.19. The van der Waals surface area contributed by atoms with Crippen molar-refractivity contribution in [3.8, 4) is 11.5 Å². The highest BCUT2D eigenvalue weighted by Crippen LogP contribution is 2.35. The molecule has 1 aliphatic rings. The van der Waals surface area contributed by atoms with Crippen LogP contribution in [0.4, 0.5) is 5.69 Å². The van der Waals surface area contributed by atoms with Crippen molar-refractivity contribution in [3.63, 3.8) is 0 Å². The fourth-order valence-corrected chi connectivity index (χ4v) is 1.37. The molecule has 1 aliphatic heterocycles. The molecule has 0 atom stereocenters. The summed E-state index contributed by atoms with van der Waals surface area (Å²) < 4.78 is 10.4. The van der Waals surface area contributed by atoms with Gasteiger partial charge in [0.05, 0.1) is 0 Å². The van der Waals surface area contributed by atoms with Crippen LogP contribution in [0.5, 0.6) is 11.5 Å². The first kappa shape index (κ1) is 10.9. The summed E-state index contributed by atoms with van der Waals surface area (Å²) >= 11 is 0. The van der Waals surface area contributed by atoms with Crippen LogP contribution in [0.2, 0.25) is 0 Å². The number of hydrogen-bond acceptors (Lipinski definition) is 4. The Labute approximate surface area is 88.6 Å². The van der Waals surface area contributed by atoms with E-state index in [1.807, 2.05) is 6.07 Å². The molecule has 0 aliphatic carbocycles. The van der Waals surface area contributed by atoms with Crippen molar-refractivity contribution in [1.29, 1.82) is 0 Å². The predicted molar refractivity (Wildman–Crippen MR) is 57.0 cm³/mol. The largest absolute Gasteiger partial charge is 0.454 e. The number of nitrogen functional groups attached to an aromatic ring is 1. The molecule has 0 amide bonds. The van der Waals surface area contributed by atoms with Gasteiger partial charge in [0.2, 0.25) is 6.79 Å². The van der Waals surface area contributed by atoms with Gasteiger partial charge in [-0.3, -0.25) is 0 Å². The van der Waals surface area contributed by atoms with Crippen molar-refractivity contribution in [2.24, 2.45) is 5.73 Å². The molecule has 0 aromatic heterocycles. The molecule has 4 nitrogen and oxygen atoms in total. The van der Waals surface area contributed by atoms with Gasteiger partial charge in [-0.1, -0.05) is 0 Å². The topological polar surface area (TPSA) is 70.5 Å². The number of nitrogens with two attached hydrogens (primary N) is 2. The third kappa shape index (κ3) is 1.86. The zero-order valence-electron chi connectivity index (χ0n) is 7.66. The lowest BCUT2D eigenvalue weighted by atomic mass is 10.1. The van der Waals surface area contributed by atoms with Gasteiger partial charge in [0.15, 0.2) is 11.5 Å². The van der Waals surface area contributed by atoms with Gasteiger partial charge >= 0.3 is 0 Å². The molecular weight excluding hydrogens is 204 g/mol. The molecule has 1 aromatic rings. The summed E-state index contributed by atoms with van der Waals surface area (Å²) in [4.78, 5) is 0. The Kier molecular flexibility index (Phi) is 3.43. The second-order valence-corrected chi connectivity index (χ2v) is 2.94. The molecule has 0 bridgehead atoms. The molecule has 1 aromatic carbocycles. The lowest BCUT2D eigenvalue weighted by Crippen LogP contribution is -2.05. The quantitative estimate of drug-likeness (QED) is 0.722. The Morgan fingerprint density at radius 1 is 1.21 bits per heavy atom. The Balaban J connectivity index is 0.000000980. The first-order chi connectivity index (χ1) is 6.31. The highest BCUT2D eigenvalue weighted by atomic mass is 35.5. The molecule has 0 fully saturated rings. The van der Waals surface area contributed by atoms with Crippen LogP contribution in [0.1, 0.15) is 5.56 Å². The Hall–Kier alpha value is -1.13. The minimum Gasteiger partial charge on any atom is -0.454 e. The zero-order chi connectivity index (χ0) is 9.26. The second-order valence-electron chi connectivity index (χ2n) is 2.94. The van der Waals surface area contributed by atoms with E-state index in [9.17, 15) is 0 Å². The third-order valence-electron chi connectivity index (χ3n) is 2.05. The molecule has 0 radical (unpaired) electrons. The summed E-state index contributed by atoms with van der Waals surface area (Å²) in [6, 6.07) is 3.68. The maximum absolute atomic E-state index is 5.79. The van der Waals surface area contributed by atoms with E-state index in [0.29, 0.717) is 6.54 Å². The maximum atomic E-state index is 5.79. The van der Waals surface area contributed by atoms with Crippen molar-refractivity contribution in [2.45, 2.75) is 6.42 Å². The lowest BCUT2D eigenvalue weighted by Gasteiger charge is -2.05. The molecule has 78 valence electrons. The number of ether oxygens (including phenoxy) is 2. The fraction of sp³-hybridized carbons (Fsp3) is 0.333. The Bertz CT molecular complexity index is 331. The first-order valence-corrected chi connectivity index (χ1v) is 4.19. The average molecular weight is 217 g/mol. The second kappa shape index (κ2) is 4.39.